The molecule has 122 valence electrons. The number of para-hydroxylation sites is 1. The molecule has 0 aromatic heterocycles. The lowest BCUT2D eigenvalue weighted by molar-refractivity contribution is 0.0587. The van der Waals surface area contributed by atoms with E-state index in [9.17, 15) is 4.79 Å². The maximum absolute atomic E-state index is 11.7. The predicted octanol–water partition coefficient (Wildman–Crippen LogP) is 2.83. The molecule has 1 aromatic carbocycles. The zero-order chi connectivity index (χ0) is 16.3. The van der Waals surface area contributed by atoms with E-state index in [0.717, 1.165) is 24.4 Å². The molecule has 5 nitrogen and oxygen atoms in total. The number of methoxy groups -OCH3 is 1. The van der Waals surface area contributed by atoms with Crippen LogP contribution in [-0.4, -0.2) is 42.2 Å². The Morgan fingerprint density at radius 2 is 2.05 bits per heavy atom. The first-order chi connectivity index (χ1) is 10.3. The SMILES string of the molecule is COc1ccccc1[C@H](C)N1CC(NC(=O)OC(C)(C)S)C1. The summed E-state index contributed by atoms with van der Waals surface area (Å²) in [4.78, 5) is 13.2. The lowest BCUT2D eigenvalue weighted by Gasteiger charge is -2.43. The Labute approximate surface area is 137 Å². The number of amides is 1. The van der Waals surface area contributed by atoms with Gasteiger partial charge in [-0.1, -0.05) is 18.2 Å². The Kier molecular flexibility index (Phi) is 5.24. The predicted molar refractivity (Wildman–Crippen MR) is 89.5 cm³/mol. The van der Waals surface area contributed by atoms with Crippen LogP contribution < -0.4 is 10.1 Å². The van der Waals surface area contributed by atoms with Gasteiger partial charge in [0.1, 0.15) is 5.75 Å². The van der Waals surface area contributed by atoms with Crippen LogP contribution in [0.25, 0.3) is 0 Å². The van der Waals surface area contributed by atoms with Crippen molar-refractivity contribution in [3.8, 4) is 5.75 Å². The maximum atomic E-state index is 11.7. The lowest BCUT2D eigenvalue weighted by Crippen LogP contribution is -2.60. The minimum atomic E-state index is -0.766. The first-order valence-electron chi connectivity index (χ1n) is 7.39. The first kappa shape index (κ1) is 17.0. The third-order valence-electron chi connectivity index (χ3n) is 3.71. The summed E-state index contributed by atoms with van der Waals surface area (Å²) in [5.74, 6) is 0.891. The highest BCUT2D eigenvalue weighted by Crippen LogP contribution is 2.31. The third kappa shape index (κ3) is 4.30. The van der Waals surface area contributed by atoms with E-state index in [1.54, 1.807) is 21.0 Å². The highest BCUT2D eigenvalue weighted by atomic mass is 32.1. The van der Waals surface area contributed by atoms with E-state index in [1.165, 1.54) is 0 Å². The summed E-state index contributed by atoms with van der Waals surface area (Å²) < 4.78 is 10.5. The number of carbonyl (C=O) groups is 1. The number of ether oxygens (including phenoxy) is 2. The Bertz CT molecular complexity index is 524. The van der Waals surface area contributed by atoms with Crippen molar-refractivity contribution in [1.82, 2.24) is 10.2 Å². The Balaban J connectivity index is 1.85. The molecule has 0 radical (unpaired) electrons. The number of thiol groups is 1. The topological polar surface area (TPSA) is 50.8 Å². The van der Waals surface area contributed by atoms with Crippen LogP contribution in [-0.2, 0) is 4.74 Å². The van der Waals surface area contributed by atoms with Gasteiger partial charge < -0.3 is 14.8 Å². The smallest absolute Gasteiger partial charge is 0.408 e. The van der Waals surface area contributed by atoms with Gasteiger partial charge in [-0.25, -0.2) is 4.79 Å². The van der Waals surface area contributed by atoms with Crippen molar-refractivity contribution < 1.29 is 14.3 Å². The summed E-state index contributed by atoms with van der Waals surface area (Å²) in [6.45, 7) is 7.19. The van der Waals surface area contributed by atoms with E-state index >= 15 is 0 Å². The van der Waals surface area contributed by atoms with Gasteiger partial charge in [-0.2, -0.15) is 0 Å². The number of likely N-dealkylation sites (tertiary alicyclic amines) is 1. The molecule has 0 aliphatic carbocycles. The lowest BCUT2D eigenvalue weighted by atomic mass is 10.00. The molecular formula is C16H24N2O3S. The summed E-state index contributed by atoms with van der Waals surface area (Å²) in [5, 5.41) is 2.85. The van der Waals surface area contributed by atoms with Crippen LogP contribution in [0.1, 0.15) is 32.4 Å². The molecule has 1 aliphatic heterocycles. The standard InChI is InChI=1S/C16H24N2O3S/c1-11(13-7-5-6-8-14(13)20-4)18-9-12(10-18)17-15(19)21-16(2,3)22/h5-8,11-12,22H,9-10H2,1-4H3,(H,17,19)/t11-/m0/s1. The van der Waals surface area contributed by atoms with Crippen molar-refractivity contribution in [2.45, 2.75) is 37.8 Å². The van der Waals surface area contributed by atoms with E-state index < -0.39 is 11.0 Å². The van der Waals surface area contributed by atoms with Gasteiger partial charge in [0.2, 0.25) is 0 Å². The second kappa shape index (κ2) is 6.79. The van der Waals surface area contributed by atoms with E-state index in [0.29, 0.717) is 0 Å². The Morgan fingerprint density at radius 1 is 1.41 bits per heavy atom. The van der Waals surface area contributed by atoms with Gasteiger partial charge in [0.05, 0.1) is 13.2 Å². The van der Waals surface area contributed by atoms with E-state index in [1.807, 2.05) is 18.2 Å². The molecule has 1 saturated heterocycles. The zero-order valence-electron chi connectivity index (χ0n) is 13.5. The molecular weight excluding hydrogens is 300 g/mol. The summed E-state index contributed by atoms with van der Waals surface area (Å²) in [6, 6.07) is 8.36. The van der Waals surface area contributed by atoms with E-state index in [-0.39, 0.29) is 12.1 Å². The fourth-order valence-electron chi connectivity index (χ4n) is 2.55. The number of alkyl carbamates (subject to hydrolysis) is 1. The highest BCUT2D eigenvalue weighted by molar-refractivity contribution is 7.81. The number of nitrogens with zero attached hydrogens (tertiary/aromatic N) is 1. The molecule has 2 rings (SSSR count). The van der Waals surface area contributed by atoms with Gasteiger partial charge in [0, 0.05) is 24.7 Å². The number of carbonyl (C=O) groups excluding carboxylic acids is 1. The van der Waals surface area contributed by atoms with Crippen molar-refractivity contribution in [3.63, 3.8) is 0 Å². The minimum absolute atomic E-state index is 0.111. The summed E-state index contributed by atoms with van der Waals surface area (Å²) in [5.41, 5.74) is 1.16. The van der Waals surface area contributed by atoms with Gasteiger partial charge in [-0.15, -0.1) is 12.6 Å². The normalized spacial score (nSPS) is 17.5. The Hall–Kier alpha value is -1.40. The zero-order valence-corrected chi connectivity index (χ0v) is 14.4. The van der Waals surface area contributed by atoms with Crippen LogP contribution in [0.3, 0.4) is 0 Å². The van der Waals surface area contributed by atoms with Gasteiger partial charge in [-0.05, 0) is 26.8 Å². The van der Waals surface area contributed by atoms with Gasteiger partial charge in [-0.3, -0.25) is 4.90 Å². The molecule has 1 heterocycles. The molecule has 1 atom stereocenters. The number of rotatable bonds is 5. The molecule has 0 bridgehead atoms. The first-order valence-corrected chi connectivity index (χ1v) is 7.83. The van der Waals surface area contributed by atoms with E-state index in [4.69, 9.17) is 9.47 Å². The number of hydrogen-bond donors (Lipinski definition) is 2. The van der Waals surface area contributed by atoms with E-state index in [2.05, 4.69) is 35.8 Å². The average Bonchev–Trinajstić information content (AvgIpc) is 2.39. The summed E-state index contributed by atoms with van der Waals surface area (Å²) in [6.07, 6.45) is -0.422. The monoisotopic (exact) mass is 324 g/mol. The van der Waals surface area contributed by atoms with Crippen LogP contribution in [0.15, 0.2) is 24.3 Å². The van der Waals surface area contributed by atoms with Crippen molar-refractivity contribution in [2.24, 2.45) is 0 Å². The molecule has 0 unspecified atom stereocenters. The second-order valence-corrected chi connectivity index (χ2v) is 7.13. The number of hydrogen-bond acceptors (Lipinski definition) is 5. The molecule has 1 fully saturated rings. The van der Waals surface area contributed by atoms with Crippen molar-refractivity contribution in [3.05, 3.63) is 29.8 Å². The average molecular weight is 324 g/mol. The minimum Gasteiger partial charge on any atom is -0.496 e. The molecule has 1 aromatic rings. The quantitative estimate of drug-likeness (QED) is 0.646. The maximum Gasteiger partial charge on any atom is 0.408 e. The van der Waals surface area contributed by atoms with Gasteiger partial charge in [0.15, 0.2) is 4.93 Å². The van der Waals surface area contributed by atoms with Crippen LogP contribution in [0.5, 0.6) is 5.75 Å². The van der Waals surface area contributed by atoms with Crippen molar-refractivity contribution in [2.75, 3.05) is 20.2 Å². The van der Waals surface area contributed by atoms with Crippen molar-refractivity contribution >= 4 is 18.7 Å². The number of benzene rings is 1. The molecule has 1 aliphatic rings. The van der Waals surface area contributed by atoms with Crippen LogP contribution in [0.2, 0.25) is 0 Å². The van der Waals surface area contributed by atoms with Gasteiger partial charge >= 0.3 is 6.09 Å². The fraction of sp³-hybridized carbons (Fsp3) is 0.562. The third-order valence-corrected chi connectivity index (χ3v) is 3.80. The molecule has 1 N–H and O–H groups in total. The van der Waals surface area contributed by atoms with Crippen molar-refractivity contribution in [1.29, 1.82) is 0 Å². The highest BCUT2D eigenvalue weighted by Gasteiger charge is 2.33. The molecule has 6 heteroatoms. The second-order valence-electron chi connectivity index (χ2n) is 6.05. The van der Waals surface area contributed by atoms with Gasteiger partial charge in [0.25, 0.3) is 0 Å². The fourth-order valence-corrected chi connectivity index (χ4v) is 2.63. The Morgan fingerprint density at radius 3 is 2.64 bits per heavy atom. The summed E-state index contributed by atoms with van der Waals surface area (Å²) >= 11 is 4.18. The molecule has 1 amide bonds. The molecule has 0 spiro atoms. The van der Waals surface area contributed by atoms with Crippen LogP contribution in [0, 0.1) is 0 Å². The van der Waals surface area contributed by atoms with Crippen LogP contribution in [0.4, 0.5) is 4.79 Å². The largest absolute Gasteiger partial charge is 0.496 e. The van der Waals surface area contributed by atoms with Crippen LogP contribution >= 0.6 is 12.6 Å². The number of nitrogens with one attached hydrogen (secondary N) is 1. The summed E-state index contributed by atoms with van der Waals surface area (Å²) in [7, 11) is 1.68. The molecule has 22 heavy (non-hydrogen) atoms. The molecule has 0 saturated carbocycles.